The van der Waals surface area contributed by atoms with Gasteiger partial charge in [0.2, 0.25) is 5.91 Å². The van der Waals surface area contributed by atoms with Crippen LogP contribution in [-0.4, -0.2) is 27.6 Å². The van der Waals surface area contributed by atoms with E-state index < -0.39 is 12.0 Å². The lowest BCUT2D eigenvalue weighted by Gasteiger charge is -2.33. The largest absolute Gasteiger partial charge is 0.339 e. The van der Waals surface area contributed by atoms with Crippen LogP contribution in [0.4, 0.5) is 10.2 Å². The highest BCUT2D eigenvalue weighted by molar-refractivity contribution is 6.04. The molecule has 4 aromatic rings. The molecule has 0 aliphatic carbocycles. The van der Waals surface area contributed by atoms with E-state index in [2.05, 4.69) is 31.4 Å². The van der Waals surface area contributed by atoms with Crippen LogP contribution in [0.1, 0.15) is 59.4 Å². The second-order valence-electron chi connectivity index (χ2n) is 10.4. The number of hydrogen-bond acceptors (Lipinski definition) is 3. The molecule has 1 aliphatic heterocycles. The zero-order chi connectivity index (χ0) is 26.3. The molecular weight excluding hydrogens is 467 g/mol. The monoisotopic (exact) mass is 496 g/mol. The third-order valence-electron chi connectivity index (χ3n) is 6.78. The Balaban J connectivity index is 1.59. The Labute approximate surface area is 215 Å². The molecule has 0 saturated carbocycles. The Morgan fingerprint density at radius 1 is 1.00 bits per heavy atom. The second kappa shape index (κ2) is 9.32. The Bertz CT molecular complexity index is 1470. The highest BCUT2D eigenvalue weighted by Crippen LogP contribution is 2.40. The van der Waals surface area contributed by atoms with E-state index in [0.29, 0.717) is 22.6 Å². The van der Waals surface area contributed by atoms with E-state index in [1.54, 1.807) is 22.9 Å². The number of anilines is 1. The van der Waals surface area contributed by atoms with E-state index in [1.165, 1.54) is 12.1 Å². The molecule has 6 nitrogen and oxygen atoms in total. The van der Waals surface area contributed by atoms with Crippen LogP contribution >= 0.6 is 0 Å². The number of aromatic nitrogens is 2. The molecule has 5 rings (SSSR count). The molecule has 0 bridgehead atoms. The number of carbonyl (C=O) groups excluding carboxylic acids is 2. The topological polar surface area (TPSA) is 76.0 Å². The van der Waals surface area contributed by atoms with E-state index in [1.807, 2.05) is 55.5 Å². The molecule has 0 unspecified atom stereocenters. The SMILES string of the molecule is Cc1nn(-c2ccccc2)c2c1[C@H](c1ccc(F)cc1)[C@H](NC(=O)c1cccc(C(C)(C)C)c1)C(=O)N2. The minimum absolute atomic E-state index is 0.132. The minimum atomic E-state index is -0.920. The number of hydrogen-bond donors (Lipinski definition) is 2. The summed E-state index contributed by atoms with van der Waals surface area (Å²) in [6, 6.07) is 22.1. The van der Waals surface area contributed by atoms with Crippen molar-refractivity contribution in [1.29, 1.82) is 0 Å². The van der Waals surface area contributed by atoms with Crippen LogP contribution in [0.2, 0.25) is 0 Å². The zero-order valence-electron chi connectivity index (χ0n) is 21.2. The smallest absolute Gasteiger partial charge is 0.251 e. The lowest BCUT2D eigenvalue weighted by molar-refractivity contribution is -0.118. The molecule has 1 aromatic heterocycles. The highest BCUT2D eigenvalue weighted by Gasteiger charge is 2.42. The van der Waals surface area contributed by atoms with Crippen LogP contribution in [0.5, 0.6) is 0 Å². The number of aryl methyl sites for hydroxylation is 1. The third-order valence-corrected chi connectivity index (χ3v) is 6.78. The molecule has 37 heavy (non-hydrogen) atoms. The molecule has 7 heteroatoms. The predicted octanol–water partition coefficient (Wildman–Crippen LogP) is 5.50. The van der Waals surface area contributed by atoms with E-state index in [4.69, 9.17) is 5.10 Å². The van der Waals surface area contributed by atoms with Crippen molar-refractivity contribution >= 4 is 17.6 Å². The van der Waals surface area contributed by atoms with Gasteiger partial charge in [0, 0.05) is 17.0 Å². The van der Waals surface area contributed by atoms with Crippen LogP contribution in [0.15, 0.2) is 78.9 Å². The number of nitrogens with zero attached hydrogens (tertiary/aromatic N) is 2. The first-order chi connectivity index (χ1) is 17.6. The number of carbonyl (C=O) groups is 2. The van der Waals surface area contributed by atoms with Gasteiger partial charge in [0.15, 0.2) is 0 Å². The Morgan fingerprint density at radius 2 is 1.70 bits per heavy atom. The van der Waals surface area contributed by atoms with Gasteiger partial charge in [-0.05, 0) is 59.9 Å². The lowest BCUT2D eigenvalue weighted by atomic mass is 9.81. The van der Waals surface area contributed by atoms with Crippen LogP contribution in [0.3, 0.4) is 0 Å². The average Bonchev–Trinajstić information content (AvgIpc) is 3.20. The van der Waals surface area contributed by atoms with Crippen molar-refractivity contribution in [3.63, 3.8) is 0 Å². The summed E-state index contributed by atoms with van der Waals surface area (Å²) in [4.78, 5) is 27.0. The van der Waals surface area contributed by atoms with Gasteiger partial charge in [-0.15, -0.1) is 0 Å². The molecule has 3 aromatic carbocycles. The first-order valence-corrected chi connectivity index (χ1v) is 12.3. The van der Waals surface area contributed by atoms with Crippen molar-refractivity contribution in [3.8, 4) is 5.69 Å². The second-order valence-corrected chi connectivity index (χ2v) is 10.4. The quantitative estimate of drug-likeness (QED) is 0.392. The highest BCUT2D eigenvalue weighted by atomic mass is 19.1. The fourth-order valence-corrected chi connectivity index (χ4v) is 4.83. The van der Waals surface area contributed by atoms with Gasteiger partial charge < -0.3 is 10.6 Å². The van der Waals surface area contributed by atoms with Gasteiger partial charge in [0.1, 0.15) is 17.7 Å². The van der Waals surface area contributed by atoms with Crippen LogP contribution in [0.25, 0.3) is 5.69 Å². The molecule has 0 saturated heterocycles. The first kappa shape index (κ1) is 24.4. The molecule has 1 aliphatic rings. The number of fused-ring (bicyclic) bond motifs is 1. The molecule has 0 radical (unpaired) electrons. The van der Waals surface area contributed by atoms with Crippen molar-refractivity contribution in [3.05, 3.63) is 113 Å². The lowest BCUT2D eigenvalue weighted by Crippen LogP contribution is -2.50. The fraction of sp³-hybridized carbons (Fsp3) is 0.233. The zero-order valence-corrected chi connectivity index (χ0v) is 21.2. The van der Waals surface area contributed by atoms with Gasteiger partial charge in [0.25, 0.3) is 5.91 Å². The number of halogens is 1. The van der Waals surface area contributed by atoms with Crippen molar-refractivity contribution in [2.24, 2.45) is 0 Å². The fourth-order valence-electron chi connectivity index (χ4n) is 4.83. The van der Waals surface area contributed by atoms with Gasteiger partial charge in [-0.3, -0.25) is 9.59 Å². The summed E-state index contributed by atoms with van der Waals surface area (Å²) in [6.07, 6.45) is 0. The summed E-state index contributed by atoms with van der Waals surface area (Å²) < 4.78 is 15.5. The van der Waals surface area contributed by atoms with E-state index in [-0.39, 0.29) is 23.0 Å². The van der Waals surface area contributed by atoms with Crippen LogP contribution < -0.4 is 10.6 Å². The molecule has 2 heterocycles. The van der Waals surface area contributed by atoms with E-state index >= 15 is 0 Å². The maximum absolute atomic E-state index is 13.8. The standard InChI is InChI=1S/C30H29FN4O2/c1-18-24-25(19-13-15-22(31)16-14-19)26(32-28(36)20-9-8-10-21(17-20)30(2,3)4)29(37)33-27(24)35(34-18)23-11-6-5-7-12-23/h5-17,25-26H,1-4H3,(H,32,36)(H,33,37)/t25-,26-/m0/s1. The molecule has 2 atom stereocenters. The molecule has 0 spiro atoms. The Hall–Kier alpha value is -4.26. The van der Waals surface area contributed by atoms with Gasteiger partial charge in [-0.2, -0.15) is 5.10 Å². The van der Waals surface area contributed by atoms with Crippen molar-refractivity contribution in [1.82, 2.24) is 15.1 Å². The number of rotatable bonds is 4. The van der Waals surface area contributed by atoms with Gasteiger partial charge in [-0.25, -0.2) is 9.07 Å². The third kappa shape index (κ3) is 4.65. The van der Waals surface area contributed by atoms with Crippen molar-refractivity contribution in [2.45, 2.75) is 45.1 Å². The van der Waals surface area contributed by atoms with Gasteiger partial charge in [-0.1, -0.05) is 63.2 Å². The number of para-hydroxylation sites is 1. The normalized spacial score (nSPS) is 17.2. The number of nitrogens with one attached hydrogen (secondary N) is 2. The molecule has 0 fully saturated rings. The summed E-state index contributed by atoms with van der Waals surface area (Å²) in [6.45, 7) is 8.12. The maximum atomic E-state index is 13.8. The summed E-state index contributed by atoms with van der Waals surface area (Å²) >= 11 is 0. The Kier molecular flexibility index (Phi) is 6.15. The first-order valence-electron chi connectivity index (χ1n) is 12.3. The summed E-state index contributed by atoms with van der Waals surface area (Å²) in [5, 5.41) is 10.7. The number of amides is 2. The van der Waals surface area contributed by atoms with Crippen molar-refractivity contribution < 1.29 is 14.0 Å². The average molecular weight is 497 g/mol. The molecular formula is C30H29FN4O2. The minimum Gasteiger partial charge on any atom is -0.339 e. The molecule has 188 valence electrons. The molecule has 2 N–H and O–H groups in total. The maximum Gasteiger partial charge on any atom is 0.251 e. The predicted molar refractivity (Wildman–Crippen MR) is 142 cm³/mol. The number of benzene rings is 3. The Morgan fingerprint density at radius 3 is 2.38 bits per heavy atom. The summed E-state index contributed by atoms with van der Waals surface area (Å²) in [7, 11) is 0. The van der Waals surface area contributed by atoms with Crippen LogP contribution in [0, 0.1) is 12.7 Å². The van der Waals surface area contributed by atoms with E-state index in [0.717, 1.165) is 16.8 Å². The summed E-state index contributed by atoms with van der Waals surface area (Å²) in [5.74, 6) is -1.10. The van der Waals surface area contributed by atoms with Gasteiger partial charge in [0.05, 0.1) is 11.4 Å². The van der Waals surface area contributed by atoms with Crippen LogP contribution in [-0.2, 0) is 10.2 Å². The van der Waals surface area contributed by atoms with Crippen molar-refractivity contribution in [2.75, 3.05) is 5.32 Å². The van der Waals surface area contributed by atoms with E-state index in [9.17, 15) is 14.0 Å². The molecule has 2 amide bonds. The van der Waals surface area contributed by atoms with Gasteiger partial charge >= 0.3 is 0 Å². The summed E-state index contributed by atoms with van der Waals surface area (Å²) in [5.41, 5.74) is 4.36.